The normalized spacial score (nSPS) is 10.6. The van der Waals surface area contributed by atoms with Gasteiger partial charge in [0.2, 0.25) is 0 Å². The van der Waals surface area contributed by atoms with Gasteiger partial charge in [0.05, 0.1) is 12.3 Å². The number of aromatic nitrogens is 3. The highest BCUT2D eigenvalue weighted by molar-refractivity contribution is 7.99. The van der Waals surface area contributed by atoms with Crippen LogP contribution in [0.4, 0.5) is 10.5 Å². The molecule has 1 amide bonds. The van der Waals surface area contributed by atoms with Gasteiger partial charge in [0.25, 0.3) is 0 Å². The molecule has 10 heteroatoms. The molecule has 0 atom stereocenters. The molecule has 9 nitrogen and oxygen atoms in total. The molecule has 0 aliphatic heterocycles. The first-order valence-corrected chi connectivity index (χ1v) is 10.0. The summed E-state index contributed by atoms with van der Waals surface area (Å²) in [5.74, 6) is 0. The molecule has 0 saturated carbocycles. The molecule has 0 bridgehead atoms. The average molecular weight is 428 g/mol. The molecule has 0 unspecified atom stereocenters. The second-order valence-electron chi connectivity index (χ2n) is 6.06. The lowest BCUT2D eigenvalue weighted by Gasteiger charge is -2.09. The topological polar surface area (TPSA) is 115 Å². The second-order valence-corrected chi connectivity index (χ2v) is 7.21. The van der Waals surface area contributed by atoms with Crippen LogP contribution in [0.15, 0.2) is 72.7 Å². The molecule has 1 aromatic heterocycles. The molecule has 0 spiro atoms. The van der Waals surface area contributed by atoms with Crippen LogP contribution >= 0.6 is 11.8 Å². The summed E-state index contributed by atoms with van der Waals surface area (Å²) in [5.41, 5.74) is -1.20. The van der Waals surface area contributed by atoms with Crippen LogP contribution in [0.3, 0.4) is 0 Å². The Labute approximate surface area is 175 Å². The van der Waals surface area contributed by atoms with E-state index >= 15 is 0 Å². The predicted octanol–water partition coefficient (Wildman–Crippen LogP) is 2.43. The van der Waals surface area contributed by atoms with Crippen molar-refractivity contribution in [1.29, 1.82) is 0 Å². The van der Waals surface area contributed by atoms with Gasteiger partial charge in [-0.25, -0.2) is 28.3 Å². The summed E-state index contributed by atoms with van der Waals surface area (Å²) in [6.07, 6.45) is -0.506. The summed E-state index contributed by atoms with van der Waals surface area (Å²) >= 11 is 1.48. The fourth-order valence-corrected chi connectivity index (χ4v) is 3.52. The molecule has 0 saturated heterocycles. The van der Waals surface area contributed by atoms with Crippen LogP contribution in [0.1, 0.15) is 13.8 Å². The first kappa shape index (κ1) is 21.2. The number of amides is 1. The number of H-pyrrole nitrogens is 1. The van der Waals surface area contributed by atoms with E-state index in [4.69, 9.17) is 4.74 Å². The Bertz CT molecular complexity index is 1210. The molecule has 2 aromatic carbocycles. The van der Waals surface area contributed by atoms with Gasteiger partial charge in [-0.1, -0.05) is 11.8 Å². The molecule has 156 valence electrons. The zero-order chi connectivity index (χ0) is 21.7. The van der Waals surface area contributed by atoms with E-state index in [1.54, 1.807) is 50.2 Å². The monoisotopic (exact) mass is 428 g/mol. The summed E-state index contributed by atoms with van der Waals surface area (Å²) in [4.78, 5) is 51.7. The van der Waals surface area contributed by atoms with Crippen LogP contribution in [-0.2, 0) is 11.3 Å². The Morgan fingerprint density at radius 2 is 1.57 bits per heavy atom. The molecule has 1 heterocycles. The second kappa shape index (κ2) is 9.31. The maximum atomic E-state index is 12.4. The van der Waals surface area contributed by atoms with E-state index in [-0.39, 0.29) is 6.54 Å². The quantitative estimate of drug-likeness (QED) is 0.623. The molecule has 0 aliphatic rings. The Balaban J connectivity index is 1.77. The summed E-state index contributed by atoms with van der Waals surface area (Å²) in [7, 11) is 0. The Kier molecular flexibility index (Phi) is 6.58. The van der Waals surface area contributed by atoms with Crippen molar-refractivity contribution < 1.29 is 9.53 Å². The van der Waals surface area contributed by atoms with Gasteiger partial charge in [-0.15, -0.1) is 0 Å². The highest BCUT2D eigenvalue weighted by Crippen LogP contribution is 2.29. The molecular formula is C20H20N4O5S. The first-order valence-electron chi connectivity index (χ1n) is 9.21. The molecule has 30 heavy (non-hydrogen) atoms. The number of carbonyl (C=O) groups is 1. The number of anilines is 1. The number of nitrogens with one attached hydrogen (secondary N) is 2. The van der Waals surface area contributed by atoms with Gasteiger partial charge in [-0.05, 0) is 62.4 Å². The fraction of sp³-hybridized carbons (Fsp3) is 0.200. The molecule has 0 aliphatic carbocycles. The van der Waals surface area contributed by atoms with E-state index < -0.39 is 23.2 Å². The number of rotatable bonds is 6. The van der Waals surface area contributed by atoms with E-state index in [2.05, 4.69) is 10.3 Å². The summed E-state index contributed by atoms with van der Waals surface area (Å²) in [6, 6.07) is 14.1. The van der Waals surface area contributed by atoms with Gasteiger partial charge >= 0.3 is 23.2 Å². The van der Waals surface area contributed by atoms with Crippen molar-refractivity contribution in [3.05, 3.63) is 80.0 Å². The highest BCUT2D eigenvalue weighted by atomic mass is 32.2. The largest absolute Gasteiger partial charge is 0.450 e. The minimum absolute atomic E-state index is 0.156. The highest BCUT2D eigenvalue weighted by Gasteiger charge is 2.10. The third-order valence-corrected chi connectivity index (χ3v) is 5.12. The minimum atomic E-state index is -0.778. The zero-order valence-corrected chi connectivity index (χ0v) is 17.2. The zero-order valence-electron chi connectivity index (χ0n) is 16.4. The van der Waals surface area contributed by atoms with Crippen molar-refractivity contribution in [2.45, 2.75) is 30.2 Å². The lowest BCUT2D eigenvalue weighted by molar-refractivity contribution is 0.168. The number of nitrogens with zero attached hydrogens (tertiary/aromatic N) is 2. The van der Waals surface area contributed by atoms with Crippen LogP contribution in [0.25, 0.3) is 5.69 Å². The van der Waals surface area contributed by atoms with E-state index in [0.717, 1.165) is 18.9 Å². The van der Waals surface area contributed by atoms with Crippen molar-refractivity contribution in [2.75, 3.05) is 11.9 Å². The molecule has 0 fully saturated rings. The maximum Gasteiger partial charge on any atom is 0.411 e. The summed E-state index contributed by atoms with van der Waals surface area (Å²) in [6.45, 7) is 3.84. The van der Waals surface area contributed by atoms with E-state index in [1.807, 2.05) is 12.1 Å². The number of ether oxygens (including phenoxy) is 1. The Morgan fingerprint density at radius 3 is 2.13 bits per heavy atom. The van der Waals surface area contributed by atoms with Crippen molar-refractivity contribution in [3.63, 3.8) is 0 Å². The van der Waals surface area contributed by atoms with Gasteiger partial charge in [0.1, 0.15) is 0 Å². The lowest BCUT2D eigenvalue weighted by atomic mass is 10.3. The van der Waals surface area contributed by atoms with E-state index in [1.165, 1.54) is 11.8 Å². The van der Waals surface area contributed by atoms with E-state index in [0.29, 0.717) is 18.0 Å². The Hall–Kier alpha value is -3.53. The summed E-state index contributed by atoms with van der Waals surface area (Å²) in [5, 5.41) is 2.62. The third-order valence-electron chi connectivity index (χ3n) is 4.11. The standard InChI is InChI=1S/C20H20N4O5S/c1-3-23-17(25)22-18(26)24(20(23)28)14-7-11-16(12-8-14)30-15-9-5-13(6-10-15)21-19(27)29-4-2/h5-12H,3-4H2,1-2H3,(H,21,27)(H,22,25,26). The van der Waals surface area contributed by atoms with Crippen LogP contribution in [0.2, 0.25) is 0 Å². The van der Waals surface area contributed by atoms with Crippen LogP contribution in [0, 0.1) is 0 Å². The van der Waals surface area contributed by atoms with Gasteiger partial charge in [-0.2, -0.15) is 0 Å². The smallest absolute Gasteiger partial charge is 0.411 e. The van der Waals surface area contributed by atoms with Crippen molar-refractivity contribution in [2.24, 2.45) is 0 Å². The van der Waals surface area contributed by atoms with Gasteiger partial charge in [0.15, 0.2) is 0 Å². The van der Waals surface area contributed by atoms with E-state index in [9.17, 15) is 19.2 Å². The first-order chi connectivity index (χ1) is 14.4. The maximum absolute atomic E-state index is 12.4. The minimum Gasteiger partial charge on any atom is -0.450 e. The van der Waals surface area contributed by atoms with Gasteiger partial charge < -0.3 is 4.74 Å². The third kappa shape index (κ3) is 4.71. The number of hydrogen-bond acceptors (Lipinski definition) is 6. The predicted molar refractivity (Wildman–Crippen MR) is 114 cm³/mol. The molecule has 2 N–H and O–H groups in total. The molecular weight excluding hydrogens is 408 g/mol. The van der Waals surface area contributed by atoms with Gasteiger partial charge in [-0.3, -0.25) is 10.3 Å². The number of aromatic amines is 1. The Morgan fingerprint density at radius 1 is 0.967 bits per heavy atom. The van der Waals surface area contributed by atoms with Crippen LogP contribution in [0.5, 0.6) is 0 Å². The number of benzene rings is 2. The fourth-order valence-electron chi connectivity index (χ4n) is 2.71. The van der Waals surface area contributed by atoms with Crippen LogP contribution < -0.4 is 22.4 Å². The van der Waals surface area contributed by atoms with Crippen molar-refractivity contribution in [1.82, 2.24) is 14.1 Å². The van der Waals surface area contributed by atoms with Gasteiger partial charge in [0, 0.05) is 22.0 Å². The lowest BCUT2D eigenvalue weighted by Crippen LogP contribution is -2.48. The molecule has 0 radical (unpaired) electrons. The summed E-state index contributed by atoms with van der Waals surface area (Å²) < 4.78 is 6.71. The van der Waals surface area contributed by atoms with Crippen LogP contribution in [-0.4, -0.2) is 26.8 Å². The number of carbonyl (C=O) groups excluding carboxylic acids is 1. The molecule has 3 aromatic rings. The number of hydrogen-bond donors (Lipinski definition) is 2. The molecule has 3 rings (SSSR count). The van der Waals surface area contributed by atoms with Crippen molar-refractivity contribution in [3.8, 4) is 5.69 Å². The average Bonchev–Trinajstić information content (AvgIpc) is 2.71. The van der Waals surface area contributed by atoms with Crippen molar-refractivity contribution >= 4 is 23.5 Å². The SMILES string of the molecule is CCOC(=O)Nc1ccc(Sc2ccc(-n3c(=O)[nH]c(=O)n(CC)c3=O)cc2)cc1.